The molecule has 19 heavy (non-hydrogen) atoms. The van der Waals surface area contributed by atoms with Crippen molar-refractivity contribution < 1.29 is 14.6 Å². The fourth-order valence-corrected chi connectivity index (χ4v) is 1.43. The molecule has 2 aromatic rings. The van der Waals surface area contributed by atoms with Gasteiger partial charge in [0.15, 0.2) is 11.5 Å². The Morgan fingerprint density at radius 3 is 2.79 bits per heavy atom. The second-order valence-corrected chi connectivity index (χ2v) is 3.57. The van der Waals surface area contributed by atoms with E-state index in [4.69, 9.17) is 14.6 Å². The number of rotatable bonds is 6. The van der Waals surface area contributed by atoms with Crippen LogP contribution in [-0.4, -0.2) is 46.5 Å². The van der Waals surface area contributed by atoms with Crippen molar-refractivity contribution in [3.63, 3.8) is 0 Å². The number of aliphatic hydroxyl groups excluding tert-OH is 1. The zero-order chi connectivity index (χ0) is 13.5. The highest BCUT2D eigenvalue weighted by Gasteiger charge is 2.04. The number of aromatic nitrogens is 3. The summed E-state index contributed by atoms with van der Waals surface area (Å²) >= 11 is 0. The minimum absolute atomic E-state index is 0.0417. The highest BCUT2D eigenvalue weighted by molar-refractivity contribution is 5.80. The van der Waals surface area contributed by atoms with Crippen LogP contribution in [0, 0.1) is 0 Å². The van der Waals surface area contributed by atoms with E-state index in [2.05, 4.69) is 15.3 Å². The van der Waals surface area contributed by atoms with Crippen LogP contribution in [0.3, 0.4) is 0 Å². The number of benzene rings is 1. The molecule has 0 aliphatic heterocycles. The second kappa shape index (κ2) is 6.50. The molecule has 1 aromatic heterocycles. The van der Waals surface area contributed by atoms with Gasteiger partial charge in [-0.1, -0.05) is 0 Å². The Kier molecular flexibility index (Phi) is 4.46. The molecule has 0 aliphatic rings. The smallest absolute Gasteiger partial charge is 0.161 e. The summed E-state index contributed by atoms with van der Waals surface area (Å²) in [6, 6.07) is 5.39. The van der Waals surface area contributed by atoms with Crippen molar-refractivity contribution in [2.75, 3.05) is 20.3 Å². The predicted octanol–water partition coefficient (Wildman–Crippen LogP) is 0.540. The molecule has 100 valence electrons. The Balaban J connectivity index is 2.14. The monoisotopic (exact) mass is 262 g/mol. The molecule has 0 spiro atoms. The average molecular weight is 262 g/mol. The van der Waals surface area contributed by atoms with E-state index in [1.807, 2.05) is 6.07 Å². The maximum absolute atomic E-state index is 8.73. The van der Waals surface area contributed by atoms with Gasteiger partial charge in [0.1, 0.15) is 19.3 Å². The quantitative estimate of drug-likeness (QED) is 0.768. The maximum atomic E-state index is 8.73. The largest absolute Gasteiger partial charge is 0.493 e. The lowest BCUT2D eigenvalue weighted by atomic mass is 10.2. The van der Waals surface area contributed by atoms with E-state index in [0.29, 0.717) is 11.5 Å². The number of methoxy groups -OCH3 is 1. The summed E-state index contributed by atoms with van der Waals surface area (Å²) in [5.41, 5.74) is 0.849. The highest BCUT2D eigenvalue weighted by atomic mass is 16.5. The van der Waals surface area contributed by atoms with E-state index in [9.17, 15) is 0 Å². The van der Waals surface area contributed by atoms with Crippen LogP contribution in [0.1, 0.15) is 5.56 Å². The third-order valence-corrected chi connectivity index (χ3v) is 2.28. The molecule has 0 saturated carbocycles. The number of nitrogens with zero attached hydrogens (tertiary/aromatic N) is 4. The van der Waals surface area contributed by atoms with E-state index < -0.39 is 0 Å². The van der Waals surface area contributed by atoms with Crippen LogP contribution in [0.4, 0.5) is 0 Å². The second-order valence-electron chi connectivity index (χ2n) is 3.57. The lowest BCUT2D eigenvalue weighted by molar-refractivity contribution is 0.196. The lowest BCUT2D eigenvalue weighted by Gasteiger charge is -2.09. The molecule has 2 rings (SSSR count). The van der Waals surface area contributed by atoms with Gasteiger partial charge in [0, 0.05) is 0 Å². The fourth-order valence-electron chi connectivity index (χ4n) is 1.43. The molecule has 7 heteroatoms. The molecule has 0 atom stereocenters. The SMILES string of the molecule is COc1cc(C=Nn2cnnc2)ccc1OCCO. The van der Waals surface area contributed by atoms with Gasteiger partial charge in [0.2, 0.25) is 0 Å². The zero-order valence-electron chi connectivity index (χ0n) is 10.4. The van der Waals surface area contributed by atoms with E-state index in [1.54, 1.807) is 25.5 Å². The molecule has 0 saturated heterocycles. The van der Waals surface area contributed by atoms with E-state index in [1.165, 1.54) is 17.3 Å². The summed E-state index contributed by atoms with van der Waals surface area (Å²) in [4.78, 5) is 0. The highest BCUT2D eigenvalue weighted by Crippen LogP contribution is 2.27. The standard InChI is InChI=1S/C12H14N4O3/c1-18-12-6-10(2-3-11(12)19-5-4-17)7-15-16-8-13-14-9-16/h2-3,6-9,17H,4-5H2,1H3. The minimum atomic E-state index is -0.0417. The Bertz CT molecular complexity index is 540. The van der Waals surface area contributed by atoms with Crippen LogP contribution in [-0.2, 0) is 0 Å². The van der Waals surface area contributed by atoms with Gasteiger partial charge in [-0.2, -0.15) is 5.10 Å². The Morgan fingerprint density at radius 1 is 1.32 bits per heavy atom. The Hall–Kier alpha value is -2.41. The first-order chi connectivity index (χ1) is 9.33. The fraction of sp³-hybridized carbons (Fsp3) is 0.250. The molecule has 1 aromatic carbocycles. The molecule has 0 fully saturated rings. The summed E-state index contributed by atoms with van der Waals surface area (Å²) in [7, 11) is 1.56. The summed E-state index contributed by atoms with van der Waals surface area (Å²) in [5, 5.41) is 20.2. The molecule has 0 amide bonds. The summed E-state index contributed by atoms with van der Waals surface area (Å²) in [5.74, 6) is 1.17. The van der Waals surface area contributed by atoms with Gasteiger partial charge in [-0.25, -0.2) is 4.68 Å². The summed E-state index contributed by atoms with van der Waals surface area (Å²) in [6.45, 7) is 0.185. The lowest BCUT2D eigenvalue weighted by Crippen LogP contribution is -2.03. The molecule has 0 unspecified atom stereocenters. The van der Waals surface area contributed by atoms with Gasteiger partial charge >= 0.3 is 0 Å². The van der Waals surface area contributed by atoms with E-state index in [-0.39, 0.29) is 13.2 Å². The molecular formula is C12H14N4O3. The molecule has 7 nitrogen and oxygen atoms in total. The summed E-state index contributed by atoms with van der Waals surface area (Å²) < 4.78 is 12.0. The number of hydrogen-bond acceptors (Lipinski definition) is 6. The first-order valence-electron chi connectivity index (χ1n) is 5.64. The van der Waals surface area contributed by atoms with Crippen molar-refractivity contribution in [3.8, 4) is 11.5 Å². The molecule has 1 N–H and O–H groups in total. The molecule has 1 heterocycles. The first kappa shape index (κ1) is 13.0. The third-order valence-electron chi connectivity index (χ3n) is 2.28. The normalized spacial score (nSPS) is 10.8. The van der Waals surface area contributed by atoms with Gasteiger partial charge < -0.3 is 14.6 Å². The zero-order valence-corrected chi connectivity index (χ0v) is 10.4. The Morgan fingerprint density at radius 2 is 2.11 bits per heavy atom. The number of ether oxygens (including phenoxy) is 2. The summed E-state index contributed by atoms with van der Waals surface area (Å²) in [6.07, 6.45) is 4.64. The van der Waals surface area contributed by atoms with Gasteiger partial charge in [-0.3, -0.25) is 0 Å². The van der Waals surface area contributed by atoms with Gasteiger partial charge in [0.05, 0.1) is 19.9 Å². The van der Waals surface area contributed by atoms with Crippen molar-refractivity contribution in [3.05, 3.63) is 36.4 Å². The predicted molar refractivity (Wildman–Crippen MR) is 68.6 cm³/mol. The molecule has 0 radical (unpaired) electrons. The molecule has 0 aliphatic carbocycles. The van der Waals surface area contributed by atoms with Crippen molar-refractivity contribution in [1.29, 1.82) is 0 Å². The first-order valence-corrected chi connectivity index (χ1v) is 5.64. The Labute approximate surface area is 110 Å². The van der Waals surface area contributed by atoms with Crippen LogP contribution >= 0.6 is 0 Å². The van der Waals surface area contributed by atoms with Gasteiger partial charge in [0.25, 0.3) is 0 Å². The molecular weight excluding hydrogens is 248 g/mol. The third kappa shape index (κ3) is 3.52. The van der Waals surface area contributed by atoms with Crippen molar-refractivity contribution in [2.24, 2.45) is 5.10 Å². The van der Waals surface area contributed by atoms with Crippen LogP contribution in [0.2, 0.25) is 0 Å². The van der Waals surface area contributed by atoms with Crippen molar-refractivity contribution in [1.82, 2.24) is 14.9 Å². The van der Waals surface area contributed by atoms with Crippen molar-refractivity contribution in [2.45, 2.75) is 0 Å². The van der Waals surface area contributed by atoms with E-state index >= 15 is 0 Å². The topological polar surface area (TPSA) is 81.8 Å². The van der Waals surface area contributed by atoms with Gasteiger partial charge in [-0.15, -0.1) is 10.2 Å². The minimum Gasteiger partial charge on any atom is -0.493 e. The van der Waals surface area contributed by atoms with Crippen LogP contribution < -0.4 is 9.47 Å². The van der Waals surface area contributed by atoms with Crippen LogP contribution in [0.25, 0.3) is 0 Å². The van der Waals surface area contributed by atoms with Gasteiger partial charge in [-0.05, 0) is 23.8 Å². The van der Waals surface area contributed by atoms with Crippen LogP contribution in [0.5, 0.6) is 11.5 Å². The van der Waals surface area contributed by atoms with E-state index in [0.717, 1.165) is 5.56 Å². The van der Waals surface area contributed by atoms with Crippen LogP contribution in [0.15, 0.2) is 36.0 Å². The molecule has 0 bridgehead atoms. The maximum Gasteiger partial charge on any atom is 0.161 e. The number of aliphatic hydroxyl groups is 1. The van der Waals surface area contributed by atoms with Crippen molar-refractivity contribution >= 4 is 6.21 Å². The number of hydrogen-bond donors (Lipinski definition) is 1. The average Bonchev–Trinajstić information content (AvgIpc) is 2.96.